The first-order valence-corrected chi connectivity index (χ1v) is 7.89. The van der Waals surface area contributed by atoms with Crippen LogP contribution in [0.25, 0.3) is 10.9 Å². The molecule has 0 aliphatic carbocycles. The molecule has 1 fully saturated rings. The lowest BCUT2D eigenvalue weighted by atomic mass is 10.0. The molecule has 8 heteroatoms. The third-order valence-electron chi connectivity index (χ3n) is 4.13. The molecular formula is C17H16F3N3O2. The number of nitrogens with zero attached hydrogens (tertiary/aromatic N) is 1. The summed E-state index contributed by atoms with van der Waals surface area (Å²) < 4.78 is 40.6. The Morgan fingerprint density at radius 1 is 1.32 bits per heavy atom. The molecule has 2 N–H and O–H groups in total. The molecule has 0 radical (unpaired) electrons. The molecule has 1 aromatic heterocycles. The van der Waals surface area contributed by atoms with E-state index in [4.69, 9.17) is 0 Å². The quantitative estimate of drug-likeness (QED) is 0.893. The van der Waals surface area contributed by atoms with Crippen molar-refractivity contribution in [2.45, 2.75) is 31.5 Å². The van der Waals surface area contributed by atoms with Crippen molar-refractivity contribution in [3.05, 3.63) is 41.6 Å². The molecule has 2 aromatic rings. The van der Waals surface area contributed by atoms with Gasteiger partial charge in [0, 0.05) is 30.6 Å². The third kappa shape index (κ3) is 3.72. The number of hydrogen-bond donors (Lipinski definition) is 2. The average molecular weight is 351 g/mol. The van der Waals surface area contributed by atoms with Crippen LogP contribution in [0, 0.1) is 0 Å². The van der Waals surface area contributed by atoms with Crippen LogP contribution in [-0.4, -0.2) is 29.4 Å². The molecule has 25 heavy (non-hydrogen) atoms. The molecule has 1 aromatic carbocycles. The predicted octanol–water partition coefficient (Wildman–Crippen LogP) is 2.65. The lowest BCUT2D eigenvalue weighted by Gasteiger charge is -2.23. The number of pyridine rings is 1. The van der Waals surface area contributed by atoms with Crippen molar-refractivity contribution in [3.8, 4) is 0 Å². The van der Waals surface area contributed by atoms with Gasteiger partial charge < -0.3 is 10.6 Å². The van der Waals surface area contributed by atoms with E-state index in [9.17, 15) is 22.8 Å². The number of para-hydroxylation sites is 1. The first-order valence-electron chi connectivity index (χ1n) is 7.89. The highest BCUT2D eigenvalue weighted by molar-refractivity contribution is 6.00. The number of fused-ring (bicyclic) bond motifs is 1. The second-order valence-corrected chi connectivity index (χ2v) is 5.93. The molecule has 3 rings (SSSR count). The maximum Gasteiger partial charge on any atom is 0.417 e. The molecule has 2 amide bonds. The topological polar surface area (TPSA) is 71.1 Å². The highest BCUT2D eigenvalue weighted by Gasteiger charge is 2.37. The Morgan fingerprint density at radius 2 is 2.08 bits per heavy atom. The number of benzene rings is 1. The van der Waals surface area contributed by atoms with Gasteiger partial charge in [-0.3, -0.25) is 14.6 Å². The fourth-order valence-electron chi connectivity index (χ4n) is 2.96. The van der Waals surface area contributed by atoms with Gasteiger partial charge in [0.15, 0.2) is 0 Å². The Kier molecular flexibility index (Phi) is 4.61. The SMILES string of the molecule is O=C1CCC[C@H](CNC(=O)c2cnc3ccccc3c2C(F)(F)F)N1. The van der Waals surface area contributed by atoms with E-state index < -0.39 is 23.2 Å². The zero-order valence-electron chi connectivity index (χ0n) is 13.2. The van der Waals surface area contributed by atoms with Crippen molar-refractivity contribution < 1.29 is 22.8 Å². The summed E-state index contributed by atoms with van der Waals surface area (Å²) in [5.41, 5.74) is -1.34. The summed E-state index contributed by atoms with van der Waals surface area (Å²) in [6.45, 7) is 0.0781. The van der Waals surface area contributed by atoms with E-state index in [1.165, 1.54) is 18.2 Å². The van der Waals surface area contributed by atoms with Crippen molar-refractivity contribution in [1.82, 2.24) is 15.6 Å². The van der Waals surface area contributed by atoms with E-state index in [1.807, 2.05) is 0 Å². The number of aromatic nitrogens is 1. The minimum Gasteiger partial charge on any atom is -0.352 e. The van der Waals surface area contributed by atoms with Crippen LogP contribution < -0.4 is 10.6 Å². The molecule has 2 heterocycles. The summed E-state index contributed by atoms with van der Waals surface area (Å²) in [7, 11) is 0. The first-order chi connectivity index (χ1) is 11.9. The lowest BCUT2D eigenvalue weighted by molar-refractivity contribution is -0.136. The monoisotopic (exact) mass is 351 g/mol. The molecule has 1 saturated heterocycles. The summed E-state index contributed by atoms with van der Waals surface area (Å²) in [5.74, 6) is -0.973. The van der Waals surface area contributed by atoms with Crippen molar-refractivity contribution in [2.75, 3.05) is 6.54 Å². The van der Waals surface area contributed by atoms with Gasteiger partial charge in [-0.1, -0.05) is 18.2 Å². The van der Waals surface area contributed by atoms with Crippen LogP contribution in [0.3, 0.4) is 0 Å². The van der Waals surface area contributed by atoms with Crippen molar-refractivity contribution >= 4 is 22.7 Å². The number of nitrogens with one attached hydrogen (secondary N) is 2. The minimum atomic E-state index is -4.69. The van der Waals surface area contributed by atoms with E-state index in [2.05, 4.69) is 15.6 Å². The molecule has 0 unspecified atom stereocenters. The Balaban J connectivity index is 1.87. The van der Waals surface area contributed by atoms with Gasteiger partial charge in [-0.25, -0.2) is 0 Å². The smallest absolute Gasteiger partial charge is 0.352 e. The van der Waals surface area contributed by atoms with Gasteiger partial charge in [0.1, 0.15) is 0 Å². The van der Waals surface area contributed by atoms with E-state index in [0.29, 0.717) is 19.3 Å². The van der Waals surface area contributed by atoms with Crippen LogP contribution in [-0.2, 0) is 11.0 Å². The number of alkyl halides is 3. The molecule has 1 aliphatic heterocycles. The van der Waals surface area contributed by atoms with E-state index in [0.717, 1.165) is 6.20 Å². The summed E-state index contributed by atoms with van der Waals surface area (Å²) in [6, 6.07) is 5.54. The Morgan fingerprint density at radius 3 is 2.80 bits per heavy atom. The van der Waals surface area contributed by atoms with Gasteiger partial charge in [-0.2, -0.15) is 13.2 Å². The Labute approximate surface area is 141 Å². The van der Waals surface area contributed by atoms with Crippen molar-refractivity contribution in [2.24, 2.45) is 0 Å². The van der Waals surface area contributed by atoms with Gasteiger partial charge in [-0.05, 0) is 18.9 Å². The molecule has 5 nitrogen and oxygen atoms in total. The summed E-state index contributed by atoms with van der Waals surface area (Å²) >= 11 is 0. The fraction of sp³-hybridized carbons (Fsp3) is 0.353. The van der Waals surface area contributed by atoms with Crippen LogP contribution in [0.15, 0.2) is 30.5 Å². The molecule has 0 bridgehead atoms. The van der Waals surface area contributed by atoms with Gasteiger partial charge in [0.2, 0.25) is 5.91 Å². The largest absolute Gasteiger partial charge is 0.417 e. The molecule has 1 atom stereocenters. The number of carbonyl (C=O) groups excluding carboxylic acids is 2. The number of halogens is 3. The average Bonchev–Trinajstić information content (AvgIpc) is 2.58. The zero-order valence-corrected chi connectivity index (χ0v) is 13.2. The number of piperidine rings is 1. The van der Waals surface area contributed by atoms with Crippen LogP contribution in [0.4, 0.5) is 13.2 Å². The number of amides is 2. The number of carbonyl (C=O) groups is 2. The summed E-state index contributed by atoms with van der Waals surface area (Å²) in [6.07, 6.45) is -1.95. The number of rotatable bonds is 3. The highest BCUT2D eigenvalue weighted by Crippen LogP contribution is 2.36. The van der Waals surface area contributed by atoms with Gasteiger partial charge in [0.25, 0.3) is 5.91 Å². The maximum absolute atomic E-state index is 13.5. The molecule has 0 spiro atoms. The van der Waals surface area contributed by atoms with E-state index in [1.54, 1.807) is 6.07 Å². The number of hydrogen-bond acceptors (Lipinski definition) is 3. The molecule has 132 valence electrons. The maximum atomic E-state index is 13.5. The lowest BCUT2D eigenvalue weighted by Crippen LogP contribution is -2.46. The normalized spacial score (nSPS) is 18.0. The Hall–Kier alpha value is -2.64. The van der Waals surface area contributed by atoms with Crippen molar-refractivity contribution in [3.63, 3.8) is 0 Å². The fourth-order valence-corrected chi connectivity index (χ4v) is 2.96. The van der Waals surface area contributed by atoms with Crippen molar-refractivity contribution in [1.29, 1.82) is 0 Å². The molecule has 1 aliphatic rings. The third-order valence-corrected chi connectivity index (χ3v) is 4.13. The Bertz CT molecular complexity index is 820. The second kappa shape index (κ2) is 6.70. The molecule has 0 saturated carbocycles. The van der Waals surface area contributed by atoms with Gasteiger partial charge in [0.05, 0.1) is 16.6 Å². The predicted molar refractivity (Wildman–Crippen MR) is 84.9 cm³/mol. The molecular weight excluding hydrogens is 335 g/mol. The van der Waals surface area contributed by atoms with Crippen LogP contribution in [0.2, 0.25) is 0 Å². The first kappa shape index (κ1) is 17.2. The van der Waals surface area contributed by atoms with Gasteiger partial charge >= 0.3 is 6.18 Å². The van der Waals surface area contributed by atoms with E-state index >= 15 is 0 Å². The van der Waals surface area contributed by atoms with Gasteiger partial charge in [-0.15, -0.1) is 0 Å². The minimum absolute atomic E-state index is 0.0781. The zero-order chi connectivity index (χ0) is 18.0. The van der Waals surface area contributed by atoms with Crippen LogP contribution in [0.5, 0.6) is 0 Å². The second-order valence-electron chi connectivity index (χ2n) is 5.93. The highest BCUT2D eigenvalue weighted by atomic mass is 19.4. The summed E-state index contributed by atoms with van der Waals surface area (Å²) in [5, 5.41) is 5.06. The standard InChI is InChI=1S/C17H16F3N3O2/c18-17(19,20)15-11-5-1-2-6-13(11)21-9-12(15)16(25)22-8-10-4-3-7-14(24)23-10/h1-2,5-6,9-10H,3-4,7-8H2,(H,22,25)(H,23,24)/t10-/m1/s1. The summed E-state index contributed by atoms with van der Waals surface area (Å²) in [4.78, 5) is 27.6. The van der Waals surface area contributed by atoms with Crippen LogP contribution >= 0.6 is 0 Å². The van der Waals surface area contributed by atoms with Crippen LogP contribution in [0.1, 0.15) is 35.2 Å². The van der Waals surface area contributed by atoms with E-state index in [-0.39, 0.29) is 29.4 Å².